The Bertz CT molecular complexity index is 486. The first-order chi connectivity index (χ1) is 10.1. The van der Waals surface area contributed by atoms with E-state index in [-0.39, 0.29) is 11.6 Å². The van der Waals surface area contributed by atoms with Crippen LogP contribution in [0.25, 0.3) is 0 Å². The fraction of sp³-hybridized carbons (Fsp3) is 0.733. The summed E-state index contributed by atoms with van der Waals surface area (Å²) in [4.78, 5) is 18.1. The number of nitrogens with one attached hydrogen (secondary N) is 2. The molecule has 0 atom stereocenters. The van der Waals surface area contributed by atoms with Crippen molar-refractivity contribution in [1.29, 1.82) is 0 Å². The first-order valence-electron chi connectivity index (χ1n) is 7.80. The largest absolute Gasteiger partial charge is 0.381 e. The third-order valence-electron chi connectivity index (χ3n) is 4.33. The van der Waals surface area contributed by atoms with Crippen molar-refractivity contribution in [3.63, 3.8) is 0 Å². The number of amides is 2. The van der Waals surface area contributed by atoms with Crippen molar-refractivity contribution in [1.82, 2.24) is 10.3 Å². The minimum Gasteiger partial charge on any atom is -0.381 e. The maximum atomic E-state index is 12.2. The molecule has 2 aliphatic rings. The summed E-state index contributed by atoms with van der Waals surface area (Å²) >= 11 is 1.63. The number of aromatic nitrogens is 1. The van der Waals surface area contributed by atoms with Gasteiger partial charge in [-0.3, -0.25) is 5.32 Å². The van der Waals surface area contributed by atoms with E-state index in [0.717, 1.165) is 30.8 Å². The van der Waals surface area contributed by atoms with Crippen molar-refractivity contribution in [3.8, 4) is 0 Å². The van der Waals surface area contributed by atoms with E-state index in [1.54, 1.807) is 11.3 Å². The number of carbonyl (C=O) groups is 1. The van der Waals surface area contributed by atoms with Gasteiger partial charge in [-0.25, -0.2) is 9.78 Å². The summed E-state index contributed by atoms with van der Waals surface area (Å²) in [5.41, 5.74) is 1.02. The van der Waals surface area contributed by atoms with E-state index in [1.165, 1.54) is 29.8 Å². The summed E-state index contributed by atoms with van der Waals surface area (Å²) in [5.74, 6) is 0. The maximum absolute atomic E-state index is 12.2. The SMILES string of the molecule is CC1(NC(=O)Nc2nc3c(s2)CCCCC3)CCOCC1. The van der Waals surface area contributed by atoms with Crippen molar-refractivity contribution in [2.24, 2.45) is 0 Å². The number of carbonyl (C=O) groups excluding carboxylic acids is 1. The molecule has 1 aliphatic carbocycles. The number of urea groups is 1. The Labute approximate surface area is 129 Å². The van der Waals surface area contributed by atoms with Crippen LogP contribution in [0.2, 0.25) is 0 Å². The molecule has 0 unspecified atom stereocenters. The predicted octanol–water partition coefficient (Wildman–Crippen LogP) is 3.10. The van der Waals surface area contributed by atoms with Crippen LogP contribution in [0.4, 0.5) is 9.93 Å². The molecule has 2 amide bonds. The molecule has 0 spiro atoms. The topological polar surface area (TPSA) is 63.2 Å². The number of thiazole rings is 1. The molecule has 1 saturated heterocycles. The molecule has 5 nitrogen and oxygen atoms in total. The van der Waals surface area contributed by atoms with Crippen LogP contribution in [0.1, 0.15) is 49.6 Å². The molecule has 1 aromatic rings. The number of hydrogen-bond donors (Lipinski definition) is 2. The Hall–Kier alpha value is -1.14. The Morgan fingerprint density at radius 3 is 2.81 bits per heavy atom. The number of nitrogens with zero attached hydrogens (tertiary/aromatic N) is 1. The van der Waals surface area contributed by atoms with E-state index in [1.807, 2.05) is 0 Å². The normalized spacial score (nSPS) is 21.2. The molecule has 1 aliphatic heterocycles. The molecule has 2 heterocycles. The number of ether oxygens (including phenoxy) is 1. The van der Waals surface area contributed by atoms with Gasteiger partial charge in [-0.15, -0.1) is 11.3 Å². The number of hydrogen-bond acceptors (Lipinski definition) is 4. The molecule has 2 N–H and O–H groups in total. The molecule has 0 aromatic carbocycles. The molecular weight excluding hydrogens is 286 g/mol. The molecule has 116 valence electrons. The first-order valence-corrected chi connectivity index (χ1v) is 8.62. The lowest BCUT2D eigenvalue weighted by Crippen LogP contribution is -2.51. The van der Waals surface area contributed by atoms with E-state index in [4.69, 9.17) is 4.74 Å². The van der Waals surface area contributed by atoms with Crippen LogP contribution >= 0.6 is 11.3 Å². The maximum Gasteiger partial charge on any atom is 0.321 e. The first kappa shape index (κ1) is 14.8. The van der Waals surface area contributed by atoms with Gasteiger partial charge in [0.15, 0.2) is 5.13 Å². The Balaban J connectivity index is 1.59. The summed E-state index contributed by atoms with van der Waals surface area (Å²) in [6.07, 6.45) is 7.59. The summed E-state index contributed by atoms with van der Waals surface area (Å²) in [6, 6.07) is -0.150. The zero-order valence-electron chi connectivity index (χ0n) is 12.5. The van der Waals surface area contributed by atoms with Gasteiger partial charge in [-0.05, 0) is 45.4 Å². The lowest BCUT2D eigenvalue weighted by molar-refractivity contribution is 0.0500. The predicted molar refractivity (Wildman–Crippen MR) is 84.0 cm³/mol. The zero-order chi connectivity index (χ0) is 14.7. The molecule has 0 saturated carbocycles. The van der Waals surface area contributed by atoms with Crippen LogP contribution in [-0.2, 0) is 17.6 Å². The summed E-state index contributed by atoms with van der Waals surface area (Å²) < 4.78 is 5.35. The molecule has 0 bridgehead atoms. The lowest BCUT2D eigenvalue weighted by Gasteiger charge is -2.34. The highest BCUT2D eigenvalue weighted by Crippen LogP contribution is 2.29. The van der Waals surface area contributed by atoms with Crippen molar-refractivity contribution in [2.45, 2.75) is 57.4 Å². The van der Waals surface area contributed by atoms with E-state index in [0.29, 0.717) is 13.2 Å². The molecular formula is C15H23N3O2S. The standard InChI is InChI=1S/C15H23N3O2S/c1-15(7-9-20-10-8-15)18-13(19)17-14-16-11-5-3-2-4-6-12(11)21-14/h2-10H2,1H3,(H2,16,17,18,19). The van der Waals surface area contributed by atoms with Crippen LogP contribution < -0.4 is 10.6 Å². The van der Waals surface area contributed by atoms with Crippen LogP contribution in [0.5, 0.6) is 0 Å². The molecule has 3 rings (SSSR count). The van der Waals surface area contributed by atoms with Gasteiger partial charge in [0.25, 0.3) is 0 Å². The van der Waals surface area contributed by atoms with E-state index in [2.05, 4.69) is 22.5 Å². The Morgan fingerprint density at radius 2 is 2.00 bits per heavy atom. The lowest BCUT2D eigenvalue weighted by atomic mass is 9.93. The second kappa shape index (κ2) is 6.32. The summed E-state index contributed by atoms with van der Waals surface area (Å²) in [6.45, 7) is 3.50. The summed E-state index contributed by atoms with van der Waals surface area (Å²) in [7, 11) is 0. The average Bonchev–Trinajstić information content (AvgIpc) is 2.67. The van der Waals surface area contributed by atoms with Crippen molar-refractivity contribution in [3.05, 3.63) is 10.6 Å². The highest BCUT2D eigenvalue weighted by Gasteiger charge is 2.29. The number of rotatable bonds is 2. The van der Waals surface area contributed by atoms with Gasteiger partial charge in [0, 0.05) is 23.6 Å². The minimum absolute atomic E-state index is 0.150. The number of anilines is 1. The monoisotopic (exact) mass is 309 g/mol. The van der Waals surface area contributed by atoms with Crippen LogP contribution in [0.3, 0.4) is 0 Å². The Kier molecular flexibility index (Phi) is 4.45. The number of aryl methyl sites for hydroxylation is 2. The van der Waals surface area contributed by atoms with Gasteiger partial charge in [0.1, 0.15) is 0 Å². The fourth-order valence-electron chi connectivity index (χ4n) is 2.93. The smallest absolute Gasteiger partial charge is 0.321 e. The average molecular weight is 309 g/mol. The minimum atomic E-state index is -0.170. The third-order valence-corrected chi connectivity index (χ3v) is 5.40. The highest BCUT2D eigenvalue weighted by atomic mass is 32.1. The van der Waals surface area contributed by atoms with Crippen LogP contribution in [0.15, 0.2) is 0 Å². The van der Waals surface area contributed by atoms with Crippen LogP contribution in [-0.4, -0.2) is 29.8 Å². The summed E-state index contributed by atoms with van der Waals surface area (Å²) in [5, 5.41) is 6.71. The van der Waals surface area contributed by atoms with E-state index < -0.39 is 0 Å². The molecule has 1 aromatic heterocycles. The van der Waals surface area contributed by atoms with Gasteiger partial charge >= 0.3 is 6.03 Å². The zero-order valence-corrected chi connectivity index (χ0v) is 13.4. The van der Waals surface area contributed by atoms with Gasteiger partial charge in [0.2, 0.25) is 0 Å². The van der Waals surface area contributed by atoms with Crippen molar-refractivity contribution < 1.29 is 9.53 Å². The van der Waals surface area contributed by atoms with E-state index in [9.17, 15) is 4.79 Å². The molecule has 21 heavy (non-hydrogen) atoms. The molecule has 1 fully saturated rings. The van der Waals surface area contributed by atoms with Crippen molar-refractivity contribution >= 4 is 22.5 Å². The number of fused-ring (bicyclic) bond motifs is 1. The Morgan fingerprint density at radius 1 is 1.24 bits per heavy atom. The molecule has 0 radical (unpaired) electrons. The quantitative estimate of drug-likeness (QED) is 0.825. The third kappa shape index (κ3) is 3.74. The van der Waals surface area contributed by atoms with Gasteiger partial charge in [0.05, 0.1) is 5.69 Å². The van der Waals surface area contributed by atoms with Gasteiger partial charge in [-0.2, -0.15) is 0 Å². The van der Waals surface area contributed by atoms with Crippen LogP contribution in [0, 0.1) is 0 Å². The van der Waals surface area contributed by atoms with E-state index >= 15 is 0 Å². The second-order valence-corrected chi connectivity index (χ2v) is 7.29. The highest BCUT2D eigenvalue weighted by molar-refractivity contribution is 7.15. The van der Waals surface area contributed by atoms with Gasteiger partial charge in [-0.1, -0.05) is 6.42 Å². The molecule has 6 heteroatoms. The van der Waals surface area contributed by atoms with Gasteiger partial charge < -0.3 is 10.1 Å². The fourth-order valence-corrected chi connectivity index (χ4v) is 3.98. The van der Waals surface area contributed by atoms with Crippen molar-refractivity contribution in [2.75, 3.05) is 18.5 Å². The second-order valence-electron chi connectivity index (χ2n) is 6.20.